The molecule has 1 amide bonds. The number of hydrogen-bond acceptors (Lipinski definition) is 3. The fraction of sp³-hybridized carbons (Fsp3) is 0.355. The molecule has 4 aromatic rings. The minimum absolute atomic E-state index is 0.0233. The molecule has 0 atom stereocenters. The van der Waals surface area contributed by atoms with Gasteiger partial charge >= 0.3 is 0 Å². The highest BCUT2D eigenvalue weighted by Crippen LogP contribution is 2.36. The number of anilines is 1. The van der Waals surface area contributed by atoms with E-state index in [1.165, 1.54) is 23.6 Å². The third-order valence-electron chi connectivity index (χ3n) is 8.12. The second-order valence-corrected chi connectivity index (χ2v) is 10.4. The fourth-order valence-corrected chi connectivity index (χ4v) is 5.92. The monoisotopic (exact) mass is 496 g/mol. The maximum absolute atomic E-state index is 14.0. The minimum Gasteiger partial charge on any atom is -0.350 e. The molecule has 37 heavy (non-hydrogen) atoms. The Bertz CT molecular complexity index is 1480. The minimum atomic E-state index is -0.233. The van der Waals surface area contributed by atoms with E-state index < -0.39 is 0 Å². The summed E-state index contributed by atoms with van der Waals surface area (Å²) < 4.78 is 16.3. The molecular formula is C31H33FN4O. The van der Waals surface area contributed by atoms with Crippen LogP contribution >= 0.6 is 0 Å². The Labute approximate surface area is 217 Å². The molecule has 2 aliphatic rings. The van der Waals surface area contributed by atoms with Crippen LogP contribution in [0.25, 0.3) is 10.9 Å². The van der Waals surface area contributed by atoms with E-state index >= 15 is 0 Å². The van der Waals surface area contributed by atoms with Crippen LogP contribution in [0.2, 0.25) is 0 Å². The van der Waals surface area contributed by atoms with E-state index in [2.05, 4.69) is 47.6 Å². The number of halogens is 1. The van der Waals surface area contributed by atoms with Gasteiger partial charge in [-0.25, -0.2) is 9.37 Å². The first kappa shape index (κ1) is 23.7. The van der Waals surface area contributed by atoms with Gasteiger partial charge in [0.2, 0.25) is 0 Å². The third-order valence-corrected chi connectivity index (χ3v) is 8.12. The summed E-state index contributed by atoms with van der Waals surface area (Å²) in [7, 11) is 0. The Morgan fingerprint density at radius 1 is 0.946 bits per heavy atom. The molecule has 0 spiro atoms. The zero-order chi connectivity index (χ0) is 25.5. The molecule has 0 saturated carbocycles. The molecule has 0 radical (unpaired) electrons. The van der Waals surface area contributed by atoms with Gasteiger partial charge in [-0.05, 0) is 80.0 Å². The van der Waals surface area contributed by atoms with Crippen molar-refractivity contribution < 1.29 is 9.18 Å². The van der Waals surface area contributed by atoms with Crippen LogP contribution < -0.4 is 4.90 Å². The lowest BCUT2D eigenvalue weighted by Crippen LogP contribution is -2.37. The van der Waals surface area contributed by atoms with Gasteiger partial charge in [0.05, 0.1) is 5.52 Å². The van der Waals surface area contributed by atoms with Crippen molar-refractivity contribution in [2.45, 2.75) is 52.6 Å². The molecule has 2 aromatic heterocycles. The molecule has 5 nitrogen and oxygen atoms in total. The fourth-order valence-electron chi connectivity index (χ4n) is 5.92. The summed E-state index contributed by atoms with van der Waals surface area (Å²) in [5.74, 6) is 0.638. The van der Waals surface area contributed by atoms with E-state index in [0.717, 1.165) is 79.0 Å². The van der Waals surface area contributed by atoms with Gasteiger partial charge in [0.25, 0.3) is 5.91 Å². The van der Waals surface area contributed by atoms with Crippen LogP contribution in [0.5, 0.6) is 0 Å². The van der Waals surface area contributed by atoms with Gasteiger partial charge in [-0.1, -0.05) is 36.4 Å². The topological polar surface area (TPSA) is 41.4 Å². The summed E-state index contributed by atoms with van der Waals surface area (Å²) in [6.07, 6.45) is 4.21. The molecule has 1 fully saturated rings. The number of carbonyl (C=O) groups excluding carboxylic acids is 1. The smallest absolute Gasteiger partial charge is 0.272 e. The van der Waals surface area contributed by atoms with Crippen molar-refractivity contribution >= 4 is 22.6 Å². The number of pyridine rings is 1. The van der Waals surface area contributed by atoms with Crippen molar-refractivity contribution in [2.75, 3.05) is 24.5 Å². The van der Waals surface area contributed by atoms with Gasteiger partial charge in [0.1, 0.15) is 11.5 Å². The normalized spacial score (nSPS) is 15.8. The van der Waals surface area contributed by atoms with Crippen LogP contribution in [0, 0.1) is 19.7 Å². The quantitative estimate of drug-likeness (QED) is 0.346. The number of fused-ring (bicyclic) bond motifs is 2. The van der Waals surface area contributed by atoms with E-state index in [1.807, 2.05) is 17.0 Å². The van der Waals surface area contributed by atoms with Crippen LogP contribution in [-0.2, 0) is 19.5 Å². The number of aryl methyl sites for hydroxylation is 1. The molecule has 6 rings (SSSR count). The van der Waals surface area contributed by atoms with Crippen molar-refractivity contribution in [3.05, 3.63) is 94.1 Å². The van der Waals surface area contributed by atoms with Crippen molar-refractivity contribution in [1.29, 1.82) is 0 Å². The Morgan fingerprint density at radius 2 is 1.73 bits per heavy atom. The summed E-state index contributed by atoms with van der Waals surface area (Å²) in [4.78, 5) is 23.0. The van der Waals surface area contributed by atoms with Crippen LogP contribution in [0.1, 0.15) is 57.7 Å². The lowest BCUT2D eigenvalue weighted by atomic mass is 9.99. The van der Waals surface area contributed by atoms with Gasteiger partial charge in [-0.3, -0.25) is 4.79 Å². The van der Waals surface area contributed by atoms with E-state index in [0.29, 0.717) is 12.2 Å². The Kier molecular flexibility index (Phi) is 6.19. The lowest BCUT2D eigenvalue weighted by molar-refractivity contribution is 0.0718. The average molecular weight is 497 g/mol. The zero-order valence-electron chi connectivity index (χ0n) is 21.6. The third kappa shape index (κ3) is 4.39. The van der Waals surface area contributed by atoms with Gasteiger partial charge in [-0.15, -0.1) is 0 Å². The number of hydrogen-bond donors (Lipinski definition) is 0. The maximum Gasteiger partial charge on any atom is 0.272 e. The molecule has 2 aliphatic heterocycles. The van der Waals surface area contributed by atoms with Crippen LogP contribution in [0.4, 0.5) is 10.2 Å². The Hall–Kier alpha value is -3.67. The average Bonchev–Trinajstić information content (AvgIpc) is 3.17. The molecule has 2 aromatic carbocycles. The first-order valence-electron chi connectivity index (χ1n) is 13.4. The molecule has 190 valence electrons. The summed E-state index contributed by atoms with van der Waals surface area (Å²) in [6.45, 7) is 7.95. The molecule has 4 heterocycles. The van der Waals surface area contributed by atoms with Crippen molar-refractivity contribution in [2.24, 2.45) is 0 Å². The van der Waals surface area contributed by atoms with E-state index in [4.69, 9.17) is 4.98 Å². The van der Waals surface area contributed by atoms with Crippen molar-refractivity contribution in [3.63, 3.8) is 0 Å². The van der Waals surface area contributed by atoms with Crippen LogP contribution in [-0.4, -0.2) is 40.0 Å². The first-order chi connectivity index (χ1) is 18.0. The van der Waals surface area contributed by atoms with Crippen molar-refractivity contribution in [1.82, 2.24) is 14.5 Å². The number of piperidine rings is 1. The number of benzene rings is 2. The number of amides is 1. The molecule has 6 heteroatoms. The number of nitrogens with zero attached hydrogens (tertiary/aromatic N) is 4. The summed E-state index contributed by atoms with van der Waals surface area (Å²) in [5, 5.41) is 1.05. The lowest BCUT2D eigenvalue weighted by Gasteiger charge is -2.31. The summed E-state index contributed by atoms with van der Waals surface area (Å²) >= 11 is 0. The largest absolute Gasteiger partial charge is 0.350 e. The van der Waals surface area contributed by atoms with Crippen LogP contribution in [0.15, 0.2) is 54.6 Å². The highest BCUT2D eigenvalue weighted by Gasteiger charge is 2.27. The predicted molar refractivity (Wildman–Crippen MR) is 146 cm³/mol. The first-order valence-corrected chi connectivity index (χ1v) is 13.4. The predicted octanol–water partition coefficient (Wildman–Crippen LogP) is 6.03. The van der Waals surface area contributed by atoms with E-state index in [-0.39, 0.29) is 11.7 Å². The maximum atomic E-state index is 14.0. The molecule has 0 aliphatic carbocycles. The van der Waals surface area contributed by atoms with Crippen LogP contribution in [0.3, 0.4) is 0 Å². The number of aromatic nitrogens is 2. The molecule has 0 unspecified atom stereocenters. The van der Waals surface area contributed by atoms with Gasteiger partial charge in [-0.2, -0.15) is 0 Å². The molecule has 0 N–H and O–H groups in total. The molecule has 0 bridgehead atoms. The number of likely N-dealkylation sites (tertiary alicyclic amines) is 1. The van der Waals surface area contributed by atoms with Crippen molar-refractivity contribution in [3.8, 4) is 0 Å². The second-order valence-electron chi connectivity index (χ2n) is 10.4. The number of rotatable bonds is 4. The Balaban J connectivity index is 1.51. The van der Waals surface area contributed by atoms with Gasteiger partial charge in [0, 0.05) is 43.8 Å². The summed E-state index contributed by atoms with van der Waals surface area (Å²) in [5.41, 5.74) is 7.38. The highest BCUT2D eigenvalue weighted by molar-refractivity contribution is 6.01. The second kappa shape index (κ2) is 9.66. The number of carbonyl (C=O) groups is 1. The molecule has 1 saturated heterocycles. The molecular weight excluding hydrogens is 463 g/mol. The van der Waals surface area contributed by atoms with Gasteiger partial charge < -0.3 is 14.4 Å². The highest BCUT2D eigenvalue weighted by atomic mass is 19.1. The zero-order valence-corrected chi connectivity index (χ0v) is 21.6. The Morgan fingerprint density at radius 3 is 2.51 bits per heavy atom. The van der Waals surface area contributed by atoms with Gasteiger partial charge in [0.15, 0.2) is 5.82 Å². The summed E-state index contributed by atoms with van der Waals surface area (Å²) in [6, 6.07) is 17.3. The van der Waals surface area contributed by atoms with E-state index in [1.54, 1.807) is 12.1 Å². The standard InChI is InChI=1S/C31H33FN4O/c1-21-22(2)36(19-23-9-8-12-26(32)17-23)29-27(21)18-28(31(37)34-14-6-3-7-15-34)33-30(29)35-16-13-24-10-4-5-11-25(24)20-35/h4-5,8-12,17-18H,3,6-7,13-16,19-20H2,1-2H3. The van der Waals surface area contributed by atoms with E-state index in [9.17, 15) is 9.18 Å². The SMILES string of the molecule is Cc1c(C)n(Cc2cccc(F)c2)c2c(N3CCc4ccccc4C3)nc(C(=O)N3CCCCC3)cc12.